The van der Waals surface area contributed by atoms with E-state index in [1.165, 1.54) is 57.8 Å². The number of ether oxygens (including phenoxy) is 1. The fourth-order valence-corrected chi connectivity index (χ4v) is 3.09. The summed E-state index contributed by atoms with van der Waals surface area (Å²) in [5.74, 6) is 0.677. The number of carbonyl (C=O) groups is 1. The van der Waals surface area contributed by atoms with Crippen LogP contribution in [0.1, 0.15) is 116 Å². The molecule has 1 aromatic heterocycles. The maximum absolute atomic E-state index is 11.9. The lowest BCUT2D eigenvalue weighted by molar-refractivity contribution is -0.151. The summed E-state index contributed by atoms with van der Waals surface area (Å²) in [6, 6.07) is 3.77. The highest BCUT2D eigenvalue weighted by Crippen LogP contribution is 2.25. The minimum Gasteiger partial charge on any atom is -0.465 e. The van der Waals surface area contributed by atoms with Crippen LogP contribution >= 0.6 is 0 Å². The van der Waals surface area contributed by atoms with Crippen molar-refractivity contribution in [1.82, 2.24) is 0 Å². The van der Waals surface area contributed by atoms with E-state index in [1.54, 1.807) is 6.26 Å². The van der Waals surface area contributed by atoms with Crippen molar-refractivity contribution in [2.24, 2.45) is 0 Å². The van der Waals surface area contributed by atoms with Gasteiger partial charge in [-0.1, -0.05) is 78.1 Å². The highest BCUT2D eigenvalue weighted by molar-refractivity contribution is 5.69. The summed E-state index contributed by atoms with van der Waals surface area (Å²) in [4.78, 5) is 11.9. The first kappa shape index (κ1) is 21.8. The molecule has 0 N–H and O–H groups in total. The summed E-state index contributed by atoms with van der Waals surface area (Å²) in [7, 11) is 0. The fourth-order valence-electron chi connectivity index (χ4n) is 3.09. The van der Waals surface area contributed by atoms with E-state index in [-0.39, 0.29) is 12.1 Å². The van der Waals surface area contributed by atoms with E-state index in [2.05, 4.69) is 13.8 Å². The van der Waals surface area contributed by atoms with E-state index in [0.717, 1.165) is 31.4 Å². The molecular weight excluding hydrogens is 312 g/mol. The number of furan rings is 1. The summed E-state index contributed by atoms with van der Waals surface area (Å²) in [6.45, 7) is 4.35. The number of hydrogen-bond donors (Lipinski definition) is 0. The van der Waals surface area contributed by atoms with E-state index < -0.39 is 0 Å². The molecule has 0 aliphatic carbocycles. The average molecular weight is 351 g/mol. The Morgan fingerprint density at radius 3 is 2.08 bits per heavy atom. The molecule has 0 aliphatic rings. The molecule has 3 nitrogen and oxygen atoms in total. The van der Waals surface area contributed by atoms with Crippen LogP contribution in [0, 0.1) is 0 Å². The van der Waals surface area contributed by atoms with Gasteiger partial charge in [-0.2, -0.15) is 0 Å². The SMILES string of the molecule is CCCCCCCCCCCCC(OC(=O)CCCC)c1ccco1. The third kappa shape index (κ3) is 11.1. The molecular formula is C22H38O3. The molecule has 1 atom stereocenters. The first-order valence-corrected chi connectivity index (χ1v) is 10.5. The van der Waals surface area contributed by atoms with Crippen LogP contribution in [-0.2, 0) is 9.53 Å². The molecule has 0 fully saturated rings. The lowest BCUT2D eigenvalue weighted by Crippen LogP contribution is -2.11. The molecule has 3 heteroatoms. The quantitative estimate of drug-likeness (QED) is 0.231. The Morgan fingerprint density at radius 2 is 1.52 bits per heavy atom. The van der Waals surface area contributed by atoms with Gasteiger partial charge in [0.2, 0.25) is 0 Å². The Labute approximate surface area is 154 Å². The largest absolute Gasteiger partial charge is 0.465 e. The standard InChI is InChI=1S/C22H38O3/c1-3-5-7-8-9-10-11-12-13-14-16-21(20-17-15-19-24-20)25-22(23)18-6-4-2/h15,17,19,21H,3-14,16,18H2,1-2H3. The van der Waals surface area contributed by atoms with Crippen molar-refractivity contribution in [3.63, 3.8) is 0 Å². The molecule has 0 amide bonds. The minimum atomic E-state index is -0.214. The average Bonchev–Trinajstić information content (AvgIpc) is 3.15. The molecule has 1 aromatic rings. The predicted octanol–water partition coefficient (Wildman–Crippen LogP) is 7.37. The van der Waals surface area contributed by atoms with Crippen LogP contribution < -0.4 is 0 Å². The Hall–Kier alpha value is -1.25. The van der Waals surface area contributed by atoms with E-state index in [0.29, 0.717) is 6.42 Å². The maximum Gasteiger partial charge on any atom is 0.306 e. The molecule has 144 valence electrons. The first-order chi connectivity index (χ1) is 12.3. The topological polar surface area (TPSA) is 39.4 Å². The fraction of sp³-hybridized carbons (Fsp3) is 0.773. The zero-order chi connectivity index (χ0) is 18.2. The van der Waals surface area contributed by atoms with Gasteiger partial charge in [-0.25, -0.2) is 0 Å². The maximum atomic E-state index is 11.9. The molecule has 25 heavy (non-hydrogen) atoms. The van der Waals surface area contributed by atoms with E-state index in [1.807, 2.05) is 12.1 Å². The summed E-state index contributed by atoms with van der Waals surface area (Å²) in [6.07, 6.45) is 17.8. The lowest BCUT2D eigenvalue weighted by atomic mass is 10.0. The molecule has 0 saturated heterocycles. The highest BCUT2D eigenvalue weighted by Gasteiger charge is 2.18. The van der Waals surface area contributed by atoms with Crippen LogP contribution in [0.2, 0.25) is 0 Å². The van der Waals surface area contributed by atoms with Crippen molar-refractivity contribution in [2.45, 2.75) is 110 Å². The molecule has 0 saturated carbocycles. The molecule has 0 aliphatic heterocycles. The van der Waals surface area contributed by atoms with Crippen molar-refractivity contribution in [2.75, 3.05) is 0 Å². The van der Waals surface area contributed by atoms with Crippen LogP contribution in [0.5, 0.6) is 0 Å². The zero-order valence-corrected chi connectivity index (χ0v) is 16.4. The Balaban J connectivity index is 2.15. The molecule has 1 heterocycles. The molecule has 1 rings (SSSR count). The summed E-state index contributed by atoms with van der Waals surface area (Å²) in [5, 5.41) is 0. The van der Waals surface area contributed by atoms with Gasteiger partial charge in [-0.05, 0) is 31.4 Å². The van der Waals surface area contributed by atoms with Crippen molar-refractivity contribution < 1.29 is 13.9 Å². The zero-order valence-electron chi connectivity index (χ0n) is 16.4. The first-order valence-electron chi connectivity index (χ1n) is 10.5. The lowest BCUT2D eigenvalue weighted by Gasteiger charge is -2.16. The van der Waals surface area contributed by atoms with Crippen molar-refractivity contribution in [1.29, 1.82) is 0 Å². The van der Waals surface area contributed by atoms with E-state index >= 15 is 0 Å². The third-order valence-electron chi connectivity index (χ3n) is 4.69. The second-order valence-corrected chi connectivity index (χ2v) is 7.07. The number of hydrogen-bond acceptors (Lipinski definition) is 3. The van der Waals surface area contributed by atoms with E-state index in [9.17, 15) is 4.79 Å². The van der Waals surface area contributed by atoms with Gasteiger partial charge >= 0.3 is 5.97 Å². The van der Waals surface area contributed by atoms with Crippen molar-refractivity contribution in [3.8, 4) is 0 Å². The monoisotopic (exact) mass is 350 g/mol. The molecule has 0 bridgehead atoms. The Bertz CT molecular complexity index is 411. The summed E-state index contributed by atoms with van der Waals surface area (Å²) >= 11 is 0. The van der Waals surface area contributed by atoms with Gasteiger partial charge < -0.3 is 9.15 Å². The van der Waals surface area contributed by atoms with Crippen LogP contribution in [0.4, 0.5) is 0 Å². The molecule has 0 aromatic carbocycles. The van der Waals surface area contributed by atoms with Crippen molar-refractivity contribution >= 4 is 5.97 Å². The smallest absolute Gasteiger partial charge is 0.306 e. The normalized spacial score (nSPS) is 12.2. The minimum absolute atomic E-state index is 0.102. The second-order valence-electron chi connectivity index (χ2n) is 7.07. The van der Waals surface area contributed by atoms with Gasteiger partial charge in [0.15, 0.2) is 6.10 Å². The Kier molecular flexibility index (Phi) is 13.1. The summed E-state index contributed by atoms with van der Waals surface area (Å²) in [5.41, 5.74) is 0. The highest BCUT2D eigenvalue weighted by atomic mass is 16.6. The van der Waals surface area contributed by atoms with Crippen LogP contribution in [-0.4, -0.2) is 5.97 Å². The Morgan fingerprint density at radius 1 is 0.920 bits per heavy atom. The summed E-state index contributed by atoms with van der Waals surface area (Å²) < 4.78 is 11.1. The molecule has 0 spiro atoms. The molecule has 1 unspecified atom stereocenters. The third-order valence-corrected chi connectivity index (χ3v) is 4.69. The number of carbonyl (C=O) groups excluding carboxylic acids is 1. The van der Waals surface area contributed by atoms with Gasteiger partial charge in [0.05, 0.1) is 6.26 Å². The van der Waals surface area contributed by atoms with Crippen molar-refractivity contribution in [3.05, 3.63) is 24.2 Å². The van der Waals surface area contributed by atoms with Gasteiger partial charge in [-0.15, -0.1) is 0 Å². The number of esters is 1. The van der Waals surface area contributed by atoms with Gasteiger partial charge in [0.1, 0.15) is 5.76 Å². The van der Waals surface area contributed by atoms with Gasteiger partial charge in [-0.3, -0.25) is 4.79 Å². The number of rotatable bonds is 16. The van der Waals surface area contributed by atoms with Crippen LogP contribution in [0.3, 0.4) is 0 Å². The second kappa shape index (κ2) is 15.0. The van der Waals surface area contributed by atoms with Crippen LogP contribution in [0.15, 0.2) is 22.8 Å². The molecule has 0 radical (unpaired) electrons. The van der Waals surface area contributed by atoms with Crippen LogP contribution in [0.25, 0.3) is 0 Å². The van der Waals surface area contributed by atoms with Gasteiger partial charge in [0, 0.05) is 6.42 Å². The number of unbranched alkanes of at least 4 members (excludes halogenated alkanes) is 10. The van der Waals surface area contributed by atoms with E-state index in [4.69, 9.17) is 9.15 Å². The van der Waals surface area contributed by atoms with Gasteiger partial charge in [0.25, 0.3) is 0 Å². The predicted molar refractivity (Wildman–Crippen MR) is 104 cm³/mol.